The molecule has 3 rings (SSSR count). The van der Waals surface area contributed by atoms with Gasteiger partial charge >= 0.3 is 0 Å². The van der Waals surface area contributed by atoms with Crippen LogP contribution in [-0.4, -0.2) is 0 Å². The summed E-state index contributed by atoms with van der Waals surface area (Å²) in [5, 5.41) is 13.1. The summed E-state index contributed by atoms with van der Waals surface area (Å²) in [4.78, 5) is 0. The summed E-state index contributed by atoms with van der Waals surface area (Å²) in [7, 11) is 0. The van der Waals surface area contributed by atoms with Crippen molar-refractivity contribution in [2.24, 2.45) is 0 Å². The fraction of sp³-hybridized carbons (Fsp3) is 0.0952. The molecule has 0 aliphatic carbocycles. The summed E-state index contributed by atoms with van der Waals surface area (Å²) in [6, 6.07) is 28.7. The van der Waals surface area contributed by atoms with Crippen LogP contribution in [-0.2, 0) is 0 Å². The average molecular weight is 298 g/mol. The fourth-order valence-electron chi connectivity index (χ4n) is 2.71. The van der Waals surface area contributed by atoms with Crippen molar-refractivity contribution < 1.29 is 0 Å². The van der Waals surface area contributed by atoms with Gasteiger partial charge in [-0.2, -0.15) is 5.26 Å². The average Bonchev–Trinajstić information content (AvgIpc) is 2.63. The highest BCUT2D eigenvalue weighted by molar-refractivity contribution is 5.78. The monoisotopic (exact) mass is 298 g/mol. The third-order valence-corrected chi connectivity index (χ3v) is 3.93. The predicted octanol–water partition coefficient (Wildman–Crippen LogP) is 5.40. The van der Waals surface area contributed by atoms with Gasteiger partial charge in [0.25, 0.3) is 0 Å². The Labute approximate surface area is 137 Å². The van der Waals surface area contributed by atoms with E-state index in [4.69, 9.17) is 0 Å². The Hall–Kier alpha value is -3.05. The van der Waals surface area contributed by atoms with E-state index in [1.807, 2.05) is 66.7 Å². The van der Waals surface area contributed by atoms with E-state index in [2.05, 4.69) is 30.4 Å². The van der Waals surface area contributed by atoms with Gasteiger partial charge in [0.05, 0.1) is 11.3 Å². The summed E-state index contributed by atoms with van der Waals surface area (Å²) in [6.45, 7) is 2.10. The zero-order chi connectivity index (χ0) is 16.1. The van der Waals surface area contributed by atoms with E-state index < -0.39 is 0 Å². The van der Waals surface area contributed by atoms with Crippen LogP contribution in [0.5, 0.6) is 0 Å². The molecule has 1 atom stereocenters. The maximum Gasteiger partial charge on any atom is 0.102 e. The Morgan fingerprint density at radius 2 is 1.48 bits per heavy atom. The number of nitrogens with zero attached hydrogens (tertiary/aromatic N) is 1. The topological polar surface area (TPSA) is 35.8 Å². The van der Waals surface area contributed by atoms with Crippen molar-refractivity contribution >= 4 is 5.69 Å². The van der Waals surface area contributed by atoms with Crippen molar-refractivity contribution in [3.8, 4) is 17.2 Å². The maximum atomic E-state index is 9.65. The van der Waals surface area contributed by atoms with Crippen LogP contribution in [0.1, 0.15) is 24.1 Å². The molecule has 2 nitrogen and oxygen atoms in total. The van der Waals surface area contributed by atoms with Gasteiger partial charge in [0.15, 0.2) is 0 Å². The number of benzene rings is 3. The molecule has 0 fully saturated rings. The molecule has 0 heterocycles. The van der Waals surface area contributed by atoms with Crippen LogP contribution in [0.4, 0.5) is 5.69 Å². The number of hydrogen-bond acceptors (Lipinski definition) is 2. The quantitative estimate of drug-likeness (QED) is 0.700. The molecule has 0 saturated heterocycles. The van der Waals surface area contributed by atoms with Gasteiger partial charge < -0.3 is 5.32 Å². The van der Waals surface area contributed by atoms with Crippen LogP contribution in [0, 0.1) is 11.3 Å². The van der Waals surface area contributed by atoms with Crippen LogP contribution in [0.25, 0.3) is 11.1 Å². The van der Waals surface area contributed by atoms with Crippen LogP contribution >= 0.6 is 0 Å². The van der Waals surface area contributed by atoms with E-state index in [1.54, 1.807) is 0 Å². The van der Waals surface area contributed by atoms with Crippen LogP contribution in [0.15, 0.2) is 78.9 Å². The minimum absolute atomic E-state index is 0.134. The lowest BCUT2D eigenvalue weighted by Crippen LogP contribution is -2.08. The predicted molar refractivity (Wildman–Crippen MR) is 95.1 cm³/mol. The van der Waals surface area contributed by atoms with Crippen molar-refractivity contribution in [1.29, 1.82) is 5.26 Å². The van der Waals surface area contributed by atoms with Gasteiger partial charge in [0.1, 0.15) is 6.07 Å². The number of hydrogen-bond donors (Lipinski definition) is 1. The molecule has 0 bridgehead atoms. The lowest BCUT2D eigenvalue weighted by Gasteiger charge is -2.18. The fourth-order valence-corrected chi connectivity index (χ4v) is 2.71. The molecule has 0 spiro atoms. The Morgan fingerprint density at radius 1 is 0.826 bits per heavy atom. The van der Waals surface area contributed by atoms with Crippen LogP contribution in [0.2, 0.25) is 0 Å². The molecule has 1 N–H and O–H groups in total. The van der Waals surface area contributed by atoms with Crippen LogP contribution < -0.4 is 5.32 Å². The molecule has 0 amide bonds. The molecule has 3 aromatic carbocycles. The number of rotatable bonds is 4. The molecule has 3 aromatic rings. The summed E-state index contributed by atoms with van der Waals surface area (Å²) in [6.07, 6.45) is 0. The summed E-state index contributed by atoms with van der Waals surface area (Å²) in [5.74, 6) is 0. The van der Waals surface area contributed by atoms with E-state index in [0.29, 0.717) is 5.56 Å². The van der Waals surface area contributed by atoms with Gasteiger partial charge in [-0.3, -0.25) is 0 Å². The lowest BCUT2D eigenvalue weighted by atomic mass is 9.98. The van der Waals surface area contributed by atoms with E-state index in [9.17, 15) is 5.26 Å². The maximum absolute atomic E-state index is 9.65. The first-order chi connectivity index (χ1) is 11.3. The molecule has 0 saturated carbocycles. The molecule has 0 radical (unpaired) electrons. The molecule has 1 unspecified atom stereocenters. The molecular weight excluding hydrogens is 280 g/mol. The van der Waals surface area contributed by atoms with Gasteiger partial charge in [0.2, 0.25) is 0 Å². The highest BCUT2D eigenvalue weighted by Crippen LogP contribution is 2.30. The molecule has 0 aliphatic heterocycles. The Bertz CT molecular complexity index is 817. The van der Waals surface area contributed by atoms with E-state index in [1.165, 1.54) is 5.56 Å². The van der Waals surface area contributed by atoms with Crippen molar-refractivity contribution in [3.05, 3.63) is 90.0 Å². The Kier molecular flexibility index (Phi) is 4.40. The Balaban J connectivity index is 1.96. The molecule has 0 aromatic heterocycles. The zero-order valence-corrected chi connectivity index (χ0v) is 13.0. The number of nitrogens with one attached hydrogen (secondary N) is 1. The molecule has 0 aliphatic rings. The number of nitriles is 1. The standard InChI is InChI=1S/C21H18N2/c1-16(17-9-4-2-5-10-17)23-21-14-8-13-19(20(21)15-22)18-11-6-3-7-12-18/h2-14,16,23H,1H3. The smallest absolute Gasteiger partial charge is 0.102 e. The molecule has 112 valence electrons. The largest absolute Gasteiger partial charge is 0.377 e. The first-order valence-electron chi connectivity index (χ1n) is 7.69. The molecule has 23 heavy (non-hydrogen) atoms. The highest BCUT2D eigenvalue weighted by Gasteiger charge is 2.12. The van der Waals surface area contributed by atoms with Gasteiger partial charge in [-0.15, -0.1) is 0 Å². The van der Waals surface area contributed by atoms with Crippen molar-refractivity contribution in [2.75, 3.05) is 5.32 Å². The third kappa shape index (κ3) is 3.25. The van der Waals surface area contributed by atoms with Crippen molar-refractivity contribution in [3.63, 3.8) is 0 Å². The van der Waals surface area contributed by atoms with Gasteiger partial charge in [-0.05, 0) is 24.1 Å². The van der Waals surface area contributed by atoms with Gasteiger partial charge in [0, 0.05) is 11.6 Å². The van der Waals surface area contributed by atoms with Crippen molar-refractivity contribution in [1.82, 2.24) is 0 Å². The molecule has 2 heteroatoms. The minimum Gasteiger partial charge on any atom is -0.377 e. The van der Waals surface area contributed by atoms with E-state index in [0.717, 1.165) is 16.8 Å². The van der Waals surface area contributed by atoms with Crippen molar-refractivity contribution in [2.45, 2.75) is 13.0 Å². The summed E-state index contributed by atoms with van der Waals surface area (Å²) >= 11 is 0. The second-order valence-corrected chi connectivity index (χ2v) is 5.48. The first kappa shape index (κ1) is 14.9. The number of anilines is 1. The normalized spacial score (nSPS) is 11.5. The first-order valence-corrected chi connectivity index (χ1v) is 7.69. The molecular formula is C21H18N2. The second kappa shape index (κ2) is 6.81. The van der Waals surface area contributed by atoms with E-state index >= 15 is 0 Å². The van der Waals surface area contributed by atoms with E-state index in [-0.39, 0.29) is 6.04 Å². The highest BCUT2D eigenvalue weighted by atomic mass is 14.9. The second-order valence-electron chi connectivity index (χ2n) is 5.48. The summed E-state index contributed by atoms with van der Waals surface area (Å²) < 4.78 is 0. The third-order valence-electron chi connectivity index (χ3n) is 3.93. The summed E-state index contributed by atoms with van der Waals surface area (Å²) in [5.41, 5.74) is 4.76. The zero-order valence-electron chi connectivity index (χ0n) is 13.0. The van der Waals surface area contributed by atoms with Gasteiger partial charge in [-0.1, -0.05) is 72.8 Å². The minimum atomic E-state index is 0.134. The SMILES string of the molecule is CC(Nc1cccc(-c2ccccc2)c1C#N)c1ccccc1. The van der Waals surface area contributed by atoms with Crippen LogP contribution in [0.3, 0.4) is 0 Å². The van der Waals surface area contributed by atoms with Gasteiger partial charge in [-0.25, -0.2) is 0 Å². The lowest BCUT2D eigenvalue weighted by molar-refractivity contribution is 0.884. The Morgan fingerprint density at radius 3 is 2.13 bits per heavy atom.